The van der Waals surface area contributed by atoms with Gasteiger partial charge in [-0.2, -0.15) is 0 Å². The summed E-state index contributed by atoms with van der Waals surface area (Å²) in [6.07, 6.45) is 1.33. The lowest BCUT2D eigenvalue weighted by Gasteiger charge is -2.11. The molecule has 2 aromatic carbocycles. The Bertz CT molecular complexity index is 920. The van der Waals surface area contributed by atoms with E-state index >= 15 is 0 Å². The van der Waals surface area contributed by atoms with Crippen LogP contribution in [-0.4, -0.2) is 33.0 Å². The number of carbonyl (C=O) groups excluding carboxylic acids is 1. The molecular formula is C23H28N4OS. The number of benzene rings is 2. The van der Waals surface area contributed by atoms with Crippen LogP contribution in [0, 0.1) is 12.8 Å². The molecule has 29 heavy (non-hydrogen) atoms. The van der Waals surface area contributed by atoms with Crippen LogP contribution in [0.1, 0.15) is 32.3 Å². The van der Waals surface area contributed by atoms with Crippen molar-refractivity contribution >= 4 is 17.7 Å². The first-order valence-corrected chi connectivity index (χ1v) is 11.0. The zero-order valence-corrected chi connectivity index (χ0v) is 18.1. The Hall–Kier alpha value is -2.60. The highest BCUT2D eigenvalue weighted by atomic mass is 32.2. The molecule has 152 valence electrons. The lowest BCUT2D eigenvalue weighted by Crippen LogP contribution is -2.27. The van der Waals surface area contributed by atoms with Gasteiger partial charge in [0.1, 0.15) is 0 Å². The fraction of sp³-hybridized carbons (Fsp3) is 0.348. The van der Waals surface area contributed by atoms with E-state index in [0.29, 0.717) is 12.3 Å². The number of rotatable bonds is 9. The molecule has 0 atom stereocenters. The Balaban J connectivity index is 1.72. The summed E-state index contributed by atoms with van der Waals surface area (Å²) in [4.78, 5) is 11.9. The number of nitrogens with zero attached hydrogens (tertiary/aromatic N) is 3. The number of nitrogens with one attached hydrogen (secondary N) is 1. The van der Waals surface area contributed by atoms with Gasteiger partial charge >= 0.3 is 0 Å². The fourth-order valence-electron chi connectivity index (χ4n) is 2.87. The highest BCUT2D eigenvalue weighted by Crippen LogP contribution is 2.28. The standard InChI is InChI=1S/C23H28N4OS/c1-17(2)16-24-21(28)10-7-15-29-23-26-25-22(19-13-11-18(3)12-14-19)27(23)20-8-5-4-6-9-20/h4-6,8-9,11-14,17H,7,10,15-16H2,1-3H3,(H,24,28). The minimum Gasteiger partial charge on any atom is -0.356 e. The number of carbonyl (C=O) groups is 1. The van der Waals surface area contributed by atoms with E-state index in [4.69, 9.17) is 0 Å². The summed E-state index contributed by atoms with van der Waals surface area (Å²) in [5.41, 5.74) is 3.28. The van der Waals surface area contributed by atoms with Gasteiger partial charge in [0, 0.05) is 30.0 Å². The first-order valence-electron chi connectivity index (χ1n) is 10.0. The van der Waals surface area contributed by atoms with Crippen molar-refractivity contribution in [1.29, 1.82) is 0 Å². The molecule has 1 amide bonds. The molecule has 0 saturated carbocycles. The minimum absolute atomic E-state index is 0.115. The topological polar surface area (TPSA) is 59.8 Å². The van der Waals surface area contributed by atoms with Gasteiger partial charge in [-0.15, -0.1) is 10.2 Å². The predicted octanol–water partition coefficient (Wildman–Crippen LogP) is 4.89. The van der Waals surface area contributed by atoms with E-state index < -0.39 is 0 Å². The van der Waals surface area contributed by atoms with Crippen LogP contribution in [0.15, 0.2) is 59.8 Å². The van der Waals surface area contributed by atoms with Crippen molar-refractivity contribution in [2.45, 2.75) is 38.8 Å². The molecule has 0 bridgehead atoms. The zero-order valence-electron chi connectivity index (χ0n) is 17.3. The molecule has 1 aromatic heterocycles. The van der Waals surface area contributed by atoms with Crippen molar-refractivity contribution in [3.8, 4) is 17.1 Å². The van der Waals surface area contributed by atoms with Gasteiger partial charge < -0.3 is 5.32 Å². The van der Waals surface area contributed by atoms with Crippen LogP contribution in [0.4, 0.5) is 0 Å². The van der Waals surface area contributed by atoms with Gasteiger partial charge in [0.25, 0.3) is 0 Å². The average Bonchev–Trinajstić information content (AvgIpc) is 3.14. The van der Waals surface area contributed by atoms with Gasteiger partial charge in [0.2, 0.25) is 5.91 Å². The van der Waals surface area contributed by atoms with Crippen LogP contribution in [-0.2, 0) is 4.79 Å². The van der Waals surface area contributed by atoms with Gasteiger partial charge in [0.05, 0.1) is 0 Å². The molecule has 0 aliphatic heterocycles. The molecule has 6 heteroatoms. The van der Waals surface area contributed by atoms with E-state index in [1.807, 2.05) is 18.2 Å². The van der Waals surface area contributed by atoms with Gasteiger partial charge in [0.15, 0.2) is 11.0 Å². The Morgan fingerprint density at radius 3 is 2.48 bits per heavy atom. The molecule has 0 aliphatic rings. The summed E-state index contributed by atoms with van der Waals surface area (Å²) >= 11 is 1.64. The predicted molar refractivity (Wildman–Crippen MR) is 119 cm³/mol. The third-order valence-corrected chi connectivity index (χ3v) is 5.46. The molecule has 1 N–H and O–H groups in total. The summed E-state index contributed by atoms with van der Waals surface area (Å²) in [6, 6.07) is 18.5. The van der Waals surface area contributed by atoms with Crippen molar-refractivity contribution in [1.82, 2.24) is 20.1 Å². The smallest absolute Gasteiger partial charge is 0.220 e. The van der Waals surface area contributed by atoms with Crippen molar-refractivity contribution in [3.63, 3.8) is 0 Å². The first kappa shape index (κ1) is 21.1. The lowest BCUT2D eigenvalue weighted by molar-refractivity contribution is -0.121. The highest BCUT2D eigenvalue weighted by Gasteiger charge is 2.16. The molecular weight excluding hydrogens is 380 g/mol. The van der Waals surface area contributed by atoms with E-state index in [0.717, 1.165) is 41.0 Å². The van der Waals surface area contributed by atoms with E-state index in [1.165, 1.54) is 5.56 Å². The van der Waals surface area contributed by atoms with Crippen molar-refractivity contribution in [3.05, 3.63) is 60.2 Å². The summed E-state index contributed by atoms with van der Waals surface area (Å²) in [5, 5.41) is 12.7. The fourth-order valence-corrected chi connectivity index (χ4v) is 3.76. The van der Waals surface area contributed by atoms with Gasteiger partial charge in [-0.1, -0.05) is 73.6 Å². The van der Waals surface area contributed by atoms with Crippen LogP contribution in [0.5, 0.6) is 0 Å². The van der Waals surface area contributed by atoms with E-state index in [1.54, 1.807) is 11.8 Å². The van der Waals surface area contributed by atoms with Crippen LogP contribution in [0.2, 0.25) is 0 Å². The Labute approximate surface area is 176 Å². The SMILES string of the molecule is Cc1ccc(-c2nnc(SCCCC(=O)NCC(C)C)n2-c2ccccc2)cc1. The molecule has 5 nitrogen and oxygen atoms in total. The Morgan fingerprint density at radius 2 is 1.79 bits per heavy atom. The summed E-state index contributed by atoms with van der Waals surface area (Å²) in [5.74, 6) is 2.23. The van der Waals surface area contributed by atoms with Crippen molar-refractivity contribution < 1.29 is 4.79 Å². The molecule has 0 saturated heterocycles. The Morgan fingerprint density at radius 1 is 1.07 bits per heavy atom. The maximum Gasteiger partial charge on any atom is 0.220 e. The van der Waals surface area contributed by atoms with Crippen molar-refractivity contribution in [2.75, 3.05) is 12.3 Å². The largest absolute Gasteiger partial charge is 0.356 e. The number of thioether (sulfide) groups is 1. The minimum atomic E-state index is 0.115. The molecule has 0 spiro atoms. The number of hydrogen-bond acceptors (Lipinski definition) is 4. The molecule has 3 rings (SSSR count). The third-order valence-electron chi connectivity index (χ3n) is 4.44. The van der Waals surface area contributed by atoms with Crippen LogP contribution in [0.25, 0.3) is 17.1 Å². The van der Waals surface area contributed by atoms with Gasteiger partial charge in [-0.25, -0.2) is 0 Å². The summed E-state index contributed by atoms with van der Waals surface area (Å²) in [6.45, 7) is 6.99. The number of hydrogen-bond donors (Lipinski definition) is 1. The molecule has 1 heterocycles. The van der Waals surface area contributed by atoms with Gasteiger partial charge in [-0.3, -0.25) is 9.36 Å². The van der Waals surface area contributed by atoms with Crippen LogP contribution < -0.4 is 5.32 Å². The molecule has 0 unspecified atom stereocenters. The third kappa shape index (κ3) is 5.94. The van der Waals surface area contributed by atoms with Crippen LogP contribution in [0.3, 0.4) is 0 Å². The first-order chi connectivity index (χ1) is 14.0. The molecule has 0 aliphatic carbocycles. The van der Waals surface area contributed by atoms with Crippen molar-refractivity contribution in [2.24, 2.45) is 5.92 Å². The molecule has 0 fully saturated rings. The maximum absolute atomic E-state index is 11.9. The Kier molecular flexibility index (Phi) is 7.47. The van der Waals surface area contributed by atoms with E-state index in [9.17, 15) is 4.79 Å². The summed E-state index contributed by atoms with van der Waals surface area (Å²) < 4.78 is 2.09. The second-order valence-electron chi connectivity index (χ2n) is 7.49. The average molecular weight is 409 g/mol. The molecule has 3 aromatic rings. The second kappa shape index (κ2) is 10.3. The van der Waals surface area contributed by atoms with E-state index in [-0.39, 0.29) is 5.91 Å². The van der Waals surface area contributed by atoms with E-state index in [2.05, 4.69) is 77.3 Å². The maximum atomic E-state index is 11.9. The normalized spacial score (nSPS) is 11.0. The second-order valence-corrected chi connectivity index (χ2v) is 8.56. The summed E-state index contributed by atoms with van der Waals surface area (Å²) in [7, 11) is 0. The van der Waals surface area contributed by atoms with Crippen LogP contribution >= 0.6 is 11.8 Å². The zero-order chi connectivity index (χ0) is 20.6. The monoisotopic (exact) mass is 408 g/mol. The van der Waals surface area contributed by atoms with Gasteiger partial charge in [-0.05, 0) is 31.4 Å². The number of para-hydroxylation sites is 1. The molecule has 0 radical (unpaired) electrons. The number of amides is 1. The number of aryl methyl sites for hydroxylation is 1. The number of aromatic nitrogens is 3. The lowest BCUT2D eigenvalue weighted by atomic mass is 10.1. The highest BCUT2D eigenvalue weighted by molar-refractivity contribution is 7.99. The quantitative estimate of drug-likeness (QED) is 0.405.